The summed E-state index contributed by atoms with van der Waals surface area (Å²) < 4.78 is 11.0. The number of nitrogens with zero attached hydrogens (tertiary/aromatic N) is 1. The lowest BCUT2D eigenvalue weighted by Gasteiger charge is -2.36. The number of ether oxygens (including phenoxy) is 2. The van der Waals surface area contributed by atoms with Gasteiger partial charge < -0.3 is 9.47 Å². The molecule has 1 aliphatic heterocycles. The molecule has 1 saturated heterocycles. The normalized spacial score (nSPS) is 19.9. The van der Waals surface area contributed by atoms with Gasteiger partial charge in [-0.1, -0.05) is 18.2 Å². The first-order valence-corrected chi connectivity index (χ1v) is 7.67. The zero-order valence-electron chi connectivity index (χ0n) is 14.0. The lowest BCUT2D eigenvalue weighted by atomic mass is 10.0. The second kappa shape index (κ2) is 8.13. The number of hydrogen-bond donors (Lipinski definition) is 0. The third kappa shape index (κ3) is 5.30. The molecule has 0 aromatic rings. The van der Waals surface area contributed by atoms with Gasteiger partial charge >= 0.3 is 6.09 Å². The van der Waals surface area contributed by atoms with Crippen molar-refractivity contribution in [1.29, 1.82) is 0 Å². The first-order valence-electron chi connectivity index (χ1n) is 7.67. The molecule has 1 fully saturated rings. The molecule has 0 saturated carbocycles. The number of allylic oxidation sites excluding steroid dienone is 3. The Labute approximate surface area is 133 Å². The molecular formula is C17H27NO4. The van der Waals surface area contributed by atoms with Crippen molar-refractivity contribution >= 4 is 12.4 Å². The van der Waals surface area contributed by atoms with Gasteiger partial charge in [-0.3, -0.25) is 9.69 Å². The van der Waals surface area contributed by atoms with Crippen LogP contribution in [0.4, 0.5) is 4.79 Å². The summed E-state index contributed by atoms with van der Waals surface area (Å²) in [4.78, 5) is 24.0. The second-order valence-electron chi connectivity index (χ2n) is 6.43. The van der Waals surface area contributed by atoms with E-state index in [2.05, 4.69) is 0 Å². The molecule has 5 heteroatoms. The van der Waals surface area contributed by atoms with Crippen molar-refractivity contribution < 1.29 is 19.1 Å². The molecule has 1 amide bonds. The predicted molar refractivity (Wildman–Crippen MR) is 85.5 cm³/mol. The molecule has 1 rings (SSSR count). The fraction of sp³-hybridized carbons (Fsp3) is 0.647. The number of amides is 1. The Morgan fingerprint density at radius 1 is 1.18 bits per heavy atom. The van der Waals surface area contributed by atoms with Crippen LogP contribution in [0.5, 0.6) is 0 Å². The highest BCUT2D eigenvalue weighted by Gasteiger charge is 2.49. The van der Waals surface area contributed by atoms with Crippen LogP contribution in [-0.2, 0) is 14.3 Å². The SMILES string of the molecule is CC1(C)COC(C)(C)N1C(=O)OC/C=C\CCC/C=C/C=O. The first kappa shape index (κ1) is 18.4. The number of carbonyl (C=O) groups is 2. The topological polar surface area (TPSA) is 55.8 Å². The summed E-state index contributed by atoms with van der Waals surface area (Å²) in [6, 6.07) is 0. The Morgan fingerprint density at radius 3 is 2.45 bits per heavy atom. The summed E-state index contributed by atoms with van der Waals surface area (Å²) >= 11 is 0. The van der Waals surface area contributed by atoms with Crippen molar-refractivity contribution in [2.45, 2.75) is 58.2 Å². The third-order valence-electron chi connectivity index (χ3n) is 3.53. The zero-order chi connectivity index (χ0) is 16.6. The zero-order valence-corrected chi connectivity index (χ0v) is 14.0. The molecular weight excluding hydrogens is 282 g/mol. The minimum absolute atomic E-state index is 0.256. The maximum Gasteiger partial charge on any atom is 0.412 e. The number of hydrogen-bond acceptors (Lipinski definition) is 4. The summed E-state index contributed by atoms with van der Waals surface area (Å²) in [6.07, 6.45) is 10.3. The van der Waals surface area contributed by atoms with Crippen molar-refractivity contribution in [1.82, 2.24) is 4.90 Å². The van der Waals surface area contributed by atoms with Gasteiger partial charge in [0.2, 0.25) is 0 Å². The lowest BCUT2D eigenvalue weighted by molar-refractivity contribution is -0.104. The molecule has 22 heavy (non-hydrogen) atoms. The minimum atomic E-state index is -0.644. The molecule has 0 atom stereocenters. The van der Waals surface area contributed by atoms with Crippen LogP contribution >= 0.6 is 0 Å². The van der Waals surface area contributed by atoms with Gasteiger partial charge in [-0.2, -0.15) is 0 Å². The molecule has 1 aliphatic rings. The van der Waals surface area contributed by atoms with Gasteiger partial charge in [-0.15, -0.1) is 0 Å². The van der Waals surface area contributed by atoms with E-state index < -0.39 is 5.72 Å². The Bertz CT molecular complexity index is 422. The van der Waals surface area contributed by atoms with Crippen LogP contribution in [0.2, 0.25) is 0 Å². The maximum absolute atomic E-state index is 12.2. The number of unbranched alkanes of at least 4 members (excludes halogenated alkanes) is 2. The molecule has 0 bridgehead atoms. The summed E-state index contributed by atoms with van der Waals surface area (Å²) in [5.74, 6) is 0. The largest absolute Gasteiger partial charge is 0.445 e. The van der Waals surface area contributed by atoms with Crippen LogP contribution in [0, 0.1) is 0 Å². The van der Waals surface area contributed by atoms with Gasteiger partial charge in [0.05, 0.1) is 12.1 Å². The highest BCUT2D eigenvalue weighted by Crippen LogP contribution is 2.34. The maximum atomic E-state index is 12.2. The van der Waals surface area contributed by atoms with Gasteiger partial charge in [0.15, 0.2) is 0 Å². The van der Waals surface area contributed by atoms with Crippen molar-refractivity contribution in [3.8, 4) is 0 Å². The minimum Gasteiger partial charge on any atom is -0.445 e. The van der Waals surface area contributed by atoms with E-state index in [1.165, 1.54) is 6.08 Å². The molecule has 0 aliphatic carbocycles. The highest BCUT2D eigenvalue weighted by atomic mass is 16.6. The Hall–Kier alpha value is -1.62. The Kier molecular flexibility index (Phi) is 6.81. The van der Waals surface area contributed by atoms with Crippen LogP contribution < -0.4 is 0 Å². The van der Waals surface area contributed by atoms with Crippen LogP contribution in [0.3, 0.4) is 0 Å². The lowest BCUT2D eigenvalue weighted by Crippen LogP contribution is -2.52. The van der Waals surface area contributed by atoms with Crippen LogP contribution in [0.25, 0.3) is 0 Å². The molecule has 5 nitrogen and oxygen atoms in total. The Balaban J connectivity index is 2.31. The molecule has 0 unspecified atom stereocenters. The molecule has 0 aromatic heterocycles. The van der Waals surface area contributed by atoms with Gasteiger partial charge in [0, 0.05) is 0 Å². The van der Waals surface area contributed by atoms with E-state index in [-0.39, 0.29) is 18.2 Å². The van der Waals surface area contributed by atoms with Crippen LogP contribution in [0.15, 0.2) is 24.3 Å². The predicted octanol–water partition coefficient (Wildman–Crippen LogP) is 3.45. The number of rotatable bonds is 7. The summed E-state index contributed by atoms with van der Waals surface area (Å²) in [6.45, 7) is 8.42. The number of aldehydes is 1. The molecule has 1 heterocycles. The average Bonchev–Trinajstić information content (AvgIpc) is 2.65. The van der Waals surface area contributed by atoms with Crippen molar-refractivity contribution in [2.75, 3.05) is 13.2 Å². The van der Waals surface area contributed by atoms with Gasteiger partial charge in [0.25, 0.3) is 0 Å². The fourth-order valence-corrected chi connectivity index (χ4v) is 2.55. The van der Waals surface area contributed by atoms with Crippen molar-refractivity contribution in [3.05, 3.63) is 24.3 Å². The second-order valence-corrected chi connectivity index (χ2v) is 6.43. The van der Waals surface area contributed by atoms with Crippen LogP contribution in [0.1, 0.15) is 47.0 Å². The molecule has 0 spiro atoms. The van der Waals surface area contributed by atoms with E-state index >= 15 is 0 Å². The Morgan fingerprint density at radius 2 is 1.86 bits per heavy atom. The van der Waals surface area contributed by atoms with Crippen molar-refractivity contribution in [2.24, 2.45) is 0 Å². The molecule has 0 N–H and O–H groups in total. The van der Waals surface area contributed by atoms with E-state index in [1.807, 2.05) is 45.9 Å². The third-order valence-corrected chi connectivity index (χ3v) is 3.53. The van der Waals surface area contributed by atoms with E-state index in [1.54, 1.807) is 4.90 Å². The quantitative estimate of drug-likeness (QED) is 0.313. The van der Waals surface area contributed by atoms with Gasteiger partial charge in [-0.05, 0) is 53.0 Å². The average molecular weight is 309 g/mol. The number of carbonyl (C=O) groups excluding carboxylic acids is 2. The van der Waals surface area contributed by atoms with E-state index in [9.17, 15) is 9.59 Å². The summed E-state index contributed by atoms with van der Waals surface area (Å²) in [5.41, 5.74) is -1.01. The monoisotopic (exact) mass is 309 g/mol. The molecule has 124 valence electrons. The summed E-state index contributed by atoms with van der Waals surface area (Å²) in [7, 11) is 0. The van der Waals surface area contributed by atoms with Crippen molar-refractivity contribution in [3.63, 3.8) is 0 Å². The standard InChI is InChI=1S/C17H27NO4/c1-16(2)14-22-17(3,4)18(16)15(20)21-13-11-9-7-5-6-8-10-12-19/h8-12H,5-7,13-14H2,1-4H3/b10-8+,11-9-. The van der Waals surface area contributed by atoms with E-state index in [0.717, 1.165) is 25.5 Å². The molecule has 0 radical (unpaired) electrons. The smallest absolute Gasteiger partial charge is 0.412 e. The van der Waals surface area contributed by atoms with E-state index in [0.29, 0.717) is 6.61 Å². The molecule has 0 aromatic carbocycles. The summed E-state index contributed by atoms with van der Waals surface area (Å²) in [5, 5.41) is 0. The fourth-order valence-electron chi connectivity index (χ4n) is 2.55. The van der Waals surface area contributed by atoms with Gasteiger partial charge in [-0.25, -0.2) is 4.79 Å². The van der Waals surface area contributed by atoms with Gasteiger partial charge in [0.1, 0.15) is 18.6 Å². The highest BCUT2D eigenvalue weighted by molar-refractivity contribution is 5.70. The van der Waals surface area contributed by atoms with Crippen LogP contribution in [-0.4, -0.2) is 41.8 Å². The van der Waals surface area contributed by atoms with E-state index in [4.69, 9.17) is 9.47 Å². The first-order chi connectivity index (χ1) is 10.3.